The quantitative estimate of drug-likeness (QED) is 0.822. The van der Waals surface area contributed by atoms with E-state index in [4.69, 9.17) is 10.5 Å². The van der Waals surface area contributed by atoms with E-state index in [1.165, 1.54) is 0 Å². The molecule has 3 heteroatoms. The molecular formula is C14H16N2O. The molecule has 0 saturated carbocycles. The van der Waals surface area contributed by atoms with Gasteiger partial charge in [-0.2, -0.15) is 0 Å². The molecule has 88 valence electrons. The molecule has 2 aromatic rings. The van der Waals surface area contributed by atoms with E-state index in [2.05, 4.69) is 18.0 Å². The summed E-state index contributed by atoms with van der Waals surface area (Å²) in [6, 6.07) is 9.73. The van der Waals surface area contributed by atoms with Crippen molar-refractivity contribution in [2.75, 3.05) is 12.8 Å². The van der Waals surface area contributed by atoms with E-state index in [0.29, 0.717) is 0 Å². The van der Waals surface area contributed by atoms with Crippen LogP contribution in [0.2, 0.25) is 0 Å². The molecule has 0 spiro atoms. The van der Waals surface area contributed by atoms with Gasteiger partial charge in [0.2, 0.25) is 0 Å². The van der Waals surface area contributed by atoms with Crippen molar-refractivity contribution in [1.29, 1.82) is 0 Å². The molecule has 0 unspecified atom stereocenters. The molecule has 1 aromatic carbocycles. The number of nitrogens with zero attached hydrogens (tertiary/aromatic N) is 1. The number of nitrogen functional groups attached to an aromatic ring is 1. The van der Waals surface area contributed by atoms with Gasteiger partial charge >= 0.3 is 0 Å². The summed E-state index contributed by atoms with van der Waals surface area (Å²) in [5.74, 6) is 0.777. The molecule has 17 heavy (non-hydrogen) atoms. The number of ether oxygens (including phenoxy) is 1. The largest absolute Gasteiger partial charge is 0.494 e. The third-order valence-electron chi connectivity index (χ3n) is 2.79. The van der Waals surface area contributed by atoms with Crippen LogP contribution < -0.4 is 10.5 Å². The maximum atomic E-state index is 5.90. The molecule has 3 nitrogen and oxygen atoms in total. The number of aryl methyl sites for hydroxylation is 1. The van der Waals surface area contributed by atoms with Gasteiger partial charge in [0, 0.05) is 17.4 Å². The first-order valence-electron chi connectivity index (χ1n) is 5.64. The second-order valence-electron chi connectivity index (χ2n) is 3.82. The normalized spacial score (nSPS) is 10.2. The van der Waals surface area contributed by atoms with Crippen molar-refractivity contribution in [1.82, 2.24) is 4.98 Å². The minimum atomic E-state index is 0.777. The number of hydrogen-bond acceptors (Lipinski definition) is 3. The van der Waals surface area contributed by atoms with E-state index in [-0.39, 0.29) is 0 Å². The maximum Gasteiger partial charge on any atom is 0.145 e. The fourth-order valence-corrected chi connectivity index (χ4v) is 1.83. The molecule has 2 rings (SSSR count). The Kier molecular flexibility index (Phi) is 3.28. The van der Waals surface area contributed by atoms with Gasteiger partial charge in [0.25, 0.3) is 0 Å². The summed E-state index contributed by atoms with van der Waals surface area (Å²) >= 11 is 0. The number of aromatic nitrogens is 1. The zero-order valence-electron chi connectivity index (χ0n) is 10.1. The van der Waals surface area contributed by atoms with Crippen molar-refractivity contribution in [3.05, 3.63) is 42.1 Å². The van der Waals surface area contributed by atoms with Crippen molar-refractivity contribution < 1.29 is 4.74 Å². The summed E-state index contributed by atoms with van der Waals surface area (Å²) in [5, 5.41) is 0. The van der Waals surface area contributed by atoms with Crippen LogP contribution in [0.1, 0.15) is 12.5 Å². The third kappa shape index (κ3) is 2.23. The van der Waals surface area contributed by atoms with Crippen LogP contribution in [0.5, 0.6) is 5.75 Å². The Labute approximate surface area is 101 Å². The highest BCUT2D eigenvalue weighted by Gasteiger charge is 2.08. The molecular weight excluding hydrogens is 212 g/mol. The number of hydrogen-bond donors (Lipinski definition) is 1. The third-order valence-corrected chi connectivity index (χ3v) is 2.79. The Morgan fingerprint density at radius 2 is 2.12 bits per heavy atom. The van der Waals surface area contributed by atoms with Gasteiger partial charge in [-0.05, 0) is 36.2 Å². The molecule has 1 heterocycles. The van der Waals surface area contributed by atoms with Crippen molar-refractivity contribution in [2.45, 2.75) is 13.3 Å². The number of anilines is 1. The molecule has 0 fully saturated rings. The number of rotatable bonds is 3. The Balaban J connectivity index is 2.53. The Morgan fingerprint density at radius 3 is 2.82 bits per heavy atom. The SMILES string of the molecule is CCc1cc(-c2ncccc2OC)ccc1N. The lowest BCUT2D eigenvalue weighted by atomic mass is 10.0. The molecule has 1 aromatic heterocycles. The van der Waals surface area contributed by atoms with Gasteiger partial charge < -0.3 is 10.5 Å². The maximum absolute atomic E-state index is 5.90. The van der Waals surface area contributed by atoms with Gasteiger partial charge in [0.1, 0.15) is 11.4 Å². The van der Waals surface area contributed by atoms with Gasteiger partial charge in [0.15, 0.2) is 0 Å². The van der Waals surface area contributed by atoms with E-state index in [1.807, 2.05) is 24.3 Å². The van der Waals surface area contributed by atoms with Crippen LogP contribution in [0, 0.1) is 0 Å². The number of methoxy groups -OCH3 is 1. The van der Waals surface area contributed by atoms with E-state index in [0.717, 1.165) is 34.7 Å². The minimum Gasteiger partial charge on any atom is -0.494 e. The van der Waals surface area contributed by atoms with Crippen LogP contribution >= 0.6 is 0 Å². The van der Waals surface area contributed by atoms with Gasteiger partial charge in [-0.3, -0.25) is 4.98 Å². The lowest BCUT2D eigenvalue weighted by Gasteiger charge is -2.09. The summed E-state index contributed by atoms with van der Waals surface area (Å²) in [4.78, 5) is 4.36. The molecule has 0 bridgehead atoms. The van der Waals surface area contributed by atoms with Gasteiger partial charge in [-0.15, -0.1) is 0 Å². The van der Waals surface area contributed by atoms with Crippen LogP contribution in [-0.4, -0.2) is 12.1 Å². The first-order chi connectivity index (χ1) is 8.26. The topological polar surface area (TPSA) is 48.1 Å². The summed E-state index contributed by atoms with van der Waals surface area (Å²) < 4.78 is 5.31. The highest BCUT2D eigenvalue weighted by atomic mass is 16.5. The van der Waals surface area contributed by atoms with E-state index in [1.54, 1.807) is 13.3 Å². The fourth-order valence-electron chi connectivity index (χ4n) is 1.83. The van der Waals surface area contributed by atoms with Crippen molar-refractivity contribution in [2.24, 2.45) is 0 Å². The number of nitrogens with two attached hydrogens (primary N) is 1. The Hall–Kier alpha value is -2.03. The Morgan fingerprint density at radius 1 is 1.29 bits per heavy atom. The number of benzene rings is 1. The molecule has 0 aliphatic rings. The smallest absolute Gasteiger partial charge is 0.145 e. The highest BCUT2D eigenvalue weighted by Crippen LogP contribution is 2.29. The summed E-state index contributed by atoms with van der Waals surface area (Å²) in [6.45, 7) is 2.09. The fraction of sp³-hybridized carbons (Fsp3) is 0.214. The first-order valence-corrected chi connectivity index (χ1v) is 5.64. The van der Waals surface area contributed by atoms with E-state index in [9.17, 15) is 0 Å². The average Bonchev–Trinajstić information content (AvgIpc) is 2.39. The second kappa shape index (κ2) is 4.87. The lowest BCUT2D eigenvalue weighted by molar-refractivity contribution is 0.415. The van der Waals surface area contributed by atoms with Crippen molar-refractivity contribution >= 4 is 5.69 Å². The predicted molar refractivity (Wildman–Crippen MR) is 70.0 cm³/mol. The summed E-state index contributed by atoms with van der Waals surface area (Å²) in [7, 11) is 1.65. The molecule has 0 radical (unpaired) electrons. The second-order valence-corrected chi connectivity index (χ2v) is 3.82. The summed E-state index contributed by atoms with van der Waals surface area (Å²) in [6.07, 6.45) is 2.68. The molecule has 0 saturated heterocycles. The molecule has 2 N–H and O–H groups in total. The lowest BCUT2D eigenvalue weighted by Crippen LogP contribution is -1.95. The van der Waals surface area contributed by atoms with Gasteiger partial charge in [-0.25, -0.2) is 0 Å². The number of pyridine rings is 1. The van der Waals surface area contributed by atoms with Crippen LogP contribution in [-0.2, 0) is 6.42 Å². The summed E-state index contributed by atoms with van der Waals surface area (Å²) in [5.41, 5.74) is 9.74. The molecule has 0 aliphatic carbocycles. The molecule has 0 amide bonds. The zero-order valence-corrected chi connectivity index (χ0v) is 10.1. The van der Waals surface area contributed by atoms with E-state index < -0.39 is 0 Å². The zero-order chi connectivity index (χ0) is 12.3. The van der Waals surface area contributed by atoms with E-state index >= 15 is 0 Å². The minimum absolute atomic E-state index is 0.777. The Bertz CT molecular complexity index is 523. The molecule has 0 atom stereocenters. The molecule has 0 aliphatic heterocycles. The van der Waals surface area contributed by atoms with Gasteiger partial charge in [-0.1, -0.05) is 13.0 Å². The van der Waals surface area contributed by atoms with Crippen molar-refractivity contribution in [3.63, 3.8) is 0 Å². The first kappa shape index (κ1) is 11.5. The van der Waals surface area contributed by atoms with Crippen LogP contribution in [0.4, 0.5) is 5.69 Å². The van der Waals surface area contributed by atoms with Crippen LogP contribution in [0.3, 0.4) is 0 Å². The van der Waals surface area contributed by atoms with Crippen molar-refractivity contribution in [3.8, 4) is 17.0 Å². The highest BCUT2D eigenvalue weighted by molar-refractivity contribution is 5.69. The van der Waals surface area contributed by atoms with Crippen LogP contribution in [0.15, 0.2) is 36.5 Å². The monoisotopic (exact) mass is 228 g/mol. The predicted octanol–water partition coefficient (Wildman–Crippen LogP) is 2.90. The van der Waals surface area contributed by atoms with Gasteiger partial charge in [0.05, 0.1) is 7.11 Å². The standard InChI is InChI=1S/C14H16N2O/c1-3-10-9-11(6-7-12(10)15)14-13(17-2)5-4-8-16-14/h4-9H,3,15H2,1-2H3. The average molecular weight is 228 g/mol. The van der Waals surface area contributed by atoms with Crippen LogP contribution in [0.25, 0.3) is 11.3 Å².